The number of aromatic nitrogens is 3. The van der Waals surface area contributed by atoms with Gasteiger partial charge < -0.3 is 10.5 Å². The van der Waals surface area contributed by atoms with Gasteiger partial charge in [0.15, 0.2) is 0 Å². The van der Waals surface area contributed by atoms with Gasteiger partial charge in [0.2, 0.25) is 11.5 Å². The number of fused-ring (bicyclic) bond motifs is 2. The number of hydrogen-bond donors (Lipinski definition) is 1. The lowest BCUT2D eigenvalue weighted by Gasteiger charge is -2.11. The van der Waals surface area contributed by atoms with E-state index in [2.05, 4.69) is 4.98 Å². The number of benzene rings is 1. The van der Waals surface area contributed by atoms with Crippen molar-refractivity contribution in [3.63, 3.8) is 0 Å². The van der Waals surface area contributed by atoms with Crippen molar-refractivity contribution in [2.75, 3.05) is 12.8 Å². The standard InChI is InChI=1S/C21H18N4O3/c1-13-6-8-14(9-7-13)12-25-18(22)15(21(27)28-2)11-16-19(25)23-17-5-3-4-10-24(17)20(16)26/h3-11,22H,12H2,1-2H3/p+1. The number of hydrogen-bond acceptors (Lipinski definition) is 5. The van der Waals surface area contributed by atoms with Crippen LogP contribution in [0.15, 0.2) is 59.5 Å². The molecule has 0 amide bonds. The van der Waals surface area contributed by atoms with Crippen LogP contribution in [0.5, 0.6) is 0 Å². The SMILES string of the molecule is COC(=O)c1cc2c(=O)n3ccccc3nc2[n+](Cc2ccc(C)cc2)c1N. The Kier molecular flexibility index (Phi) is 4.27. The van der Waals surface area contributed by atoms with Gasteiger partial charge in [-0.15, -0.1) is 0 Å². The molecule has 3 aromatic heterocycles. The Hall–Kier alpha value is -3.74. The van der Waals surface area contributed by atoms with E-state index in [-0.39, 0.29) is 16.9 Å². The number of aryl methyl sites for hydroxylation is 1. The van der Waals surface area contributed by atoms with Crippen LogP contribution in [0.25, 0.3) is 16.7 Å². The molecule has 7 heteroatoms. The molecule has 0 bridgehead atoms. The summed E-state index contributed by atoms with van der Waals surface area (Å²) in [6, 6.07) is 14.7. The summed E-state index contributed by atoms with van der Waals surface area (Å²) >= 11 is 0. The van der Waals surface area contributed by atoms with Crippen LogP contribution in [0.1, 0.15) is 21.5 Å². The number of nitrogen functional groups attached to an aromatic ring is 1. The van der Waals surface area contributed by atoms with Crippen molar-refractivity contribution >= 4 is 28.5 Å². The molecule has 0 aliphatic rings. The number of nitrogens with two attached hydrogens (primary N) is 1. The number of carbonyl (C=O) groups is 1. The van der Waals surface area contributed by atoms with Crippen molar-refractivity contribution in [2.24, 2.45) is 0 Å². The van der Waals surface area contributed by atoms with E-state index in [1.165, 1.54) is 17.6 Å². The van der Waals surface area contributed by atoms with E-state index >= 15 is 0 Å². The molecule has 4 rings (SSSR count). The molecule has 0 aliphatic heterocycles. The van der Waals surface area contributed by atoms with Crippen molar-refractivity contribution in [3.8, 4) is 0 Å². The highest BCUT2D eigenvalue weighted by atomic mass is 16.5. The molecular weight excluding hydrogens is 356 g/mol. The van der Waals surface area contributed by atoms with Gasteiger partial charge in [-0.1, -0.05) is 40.9 Å². The van der Waals surface area contributed by atoms with E-state index in [1.54, 1.807) is 22.9 Å². The van der Waals surface area contributed by atoms with Gasteiger partial charge in [0.25, 0.3) is 11.2 Å². The summed E-state index contributed by atoms with van der Waals surface area (Å²) in [6.07, 6.45) is 1.64. The zero-order valence-corrected chi connectivity index (χ0v) is 15.5. The predicted octanol–water partition coefficient (Wildman–Crippen LogP) is 1.86. The largest absolute Gasteiger partial charge is 0.465 e. The molecule has 140 valence electrons. The fraction of sp³-hybridized carbons (Fsp3) is 0.143. The smallest absolute Gasteiger partial charge is 0.344 e. The van der Waals surface area contributed by atoms with E-state index in [1.807, 2.05) is 37.3 Å². The summed E-state index contributed by atoms with van der Waals surface area (Å²) in [7, 11) is 1.28. The number of nitrogens with zero attached hydrogens (tertiary/aromatic N) is 3. The van der Waals surface area contributed by atoms with Crippen molar-refractivity contribution in [2.45, 2.75) is 13.5 Å². The summed E-state index contributed by atoms with van der Waals surface area (Å²) in [5.74, 6) is -0.401. The van der Waals surface area contributed by atoms with Crippen molar-refractivity contribution < 1.29 is 14.1 Å². The minimum Gasteiger partial charge on any atom is -0.465 e. The lowest BCUT2D eigenvalue weighted by molar-refractivity contribution is -0.649. The minimum atomic E-state index is -0.602. The zero-order chi connectivity index (χ0) is 19.8. The molecule has 0 fully saturated rings. The van der Waals surface area contributed by atoms with Crippen LogP contribution in [-0.4, -0.2) is 22.5 Å². The Morgan fingerprint density at radius 2 is 1.96 bits per heavy atom. The summed E-state index contributed by atoms with van der Waals surface area (Å²) in [5, 5.41) is 0.297. The second kappa shape index (κ2) is 6.77. The third-order valence-corrected chi connectivity index (χ3v) is 4.73. The van der Waals surface area contributed by atoms with Crippen LogP contribution in [0.4, 0.5) is 5.82 Å². The van der Waals surface area contributed by atoms with Gasteiger partial charge in [-0.3, -0.25) is 9.20 Å². The maximum absolute atomic E-state index is 13.0. The molecule has 0 unspecified atom stereocenters. The highest BCUT2D eigenvalue weighted by molar-refractivity contribution is 5.96. The highest BCUT2D eigenvalue weighted by Crippen LogP contribution is 2.16. The molecule has 1 aromatic carbocycles. The van der Waals surface area contributed by atoms with Crippen molar-refractivity contribution in [3.05, 3.63) is 81.8 Å². The van der Waals surface area contributed by atoms with E-state index in [0.29, 0.717) is 23.2 Å². The predicted molar refractivity (Wildman–Crippen MR) is 105 cm³/mol. The van der Waals surface area contributed by atoms with E-state index in [0.717, 1.165) is 11.1 Å². The summed E-state index contributed by atoms with van der Waals surface area (Å²) in [5.41, 5.74) is 9.20. The first-order chi connectivity index (χ1) is 13.5. The van der Waals surface area contributed by atoms with Crippen molar-refractivity contribution in [1.82, 2.24) is 9.38 Å². The number of pyridine rings is 2. The first-order valence-corrected chi connectivity index (χ1v) is 8.77. The van der Waals surface area contributed by atoms with E-state index < -0.39 is 5.97 Å². The topological polar surface area (TPSA) is 90.6 Å². The highest BCUT2D eigenvalue weighted by Gasteiger charge is 2.24. The molecule has 7 nitrogen and oxygen atoms in total. The average molecular weight is 375 g/mol. The molecule has 0 saturated heterocycles. The Bertz CT molecular complexity index is 1280. The molecule has 0 saturated carbocycles. The lowest BCUT2D eigenvalue weighted by atomic mass is 10.1. The average Bonchev–Trinajstić information content (AvgIpc) is 2.71. The molecule has 2 N–H and O–H groups in total. The number of anilines is 1. The van der Waals surface area contributed by atoms with Crippen LogP contribution in [0.2, 0.25) is 0 Å². The molecule has 28 heavy (non-hydrogen) atoms. The first-order valence-electron chi connectivity index (χ1n) is 8.77. The maximum atomic E-state index is 13.0. The third-order valence-electron chi connectivity index (χ3n) is 4.73. The Balaban J connectivity index is 2.06. The minimum absolute atomic E-state index is 0.136. The number of carbonyl (C=O) groups excluding carboxylic acids is 1. The monoisotopic (exact) mass is 375 g/mol. The Morgan fingerprint density at radius 3 is 2.68 bits per heavy atom. The van der Waals surface area contributed by atoms with Gasteiger partial charge in [-0.2, -0.15) is 0 Å². The first kappa shape index (κ1) is 17.7. The number of ether oxygens (including phenoxy) is 1. The van der Waals surface area contributed by atoms with Gasteiger partial charge >= 0.3 is 5.97 Å². The van der Waals surface area contributed by atoms with Crippen LogP contribution >= 0.6 is 0 Å². The number of rotatable bonds is 3. The Labute approximate surface area is 160 Å². The van der Waals surface area contributed by atoms with Crippen LogP contribution < -0.4 is 15.9 Å². The number of methoxy groups -OCH3 is 1. The Morgan fingerprint density at radius 1 is 1.21 bits per heavy atom. The second-order valence-corrected chi connectivity index (χ2v) is 6.59. The van der Waals surface area contributed by atoms with E-state index in [9.17, 15) is 9.59 Å². The van der Waals surface area contributed by atoms with Crippen LogP contribution in [0, 0.1) is 6.92 Å². The molecule has 3 heterocycles. The van der Waals surface area contributed by atoms with Gasteiger partial charge in [0.1, 0.15) is 10.9 Å². The van der Waals surface area contributed by atoms with Crippen LogP contribution in [-0.2, 0) is 11.3 Å². The summed E-state index contributed by atoms with van der Waals surface area (Å²) in [6.45, 7) is 2.37. The van der Waals surface area contributed by atoms with Gasteiger partial charge in [-0.05, 0) is 30.7 Å². The lowest BCUT2D eigenvalue weighted by Crippen LogP contribution is -2.42. The maximum Gasteiger partial charge on any atom is 0.344 e. The third kappa shape index (κ3) is 2.87. The quantitative estimate of drug-likeness (QED) is 0.335. The van der Waals surface area contributed by atoms with Gasteiger partial charge in [0.05, 0.1) is 13.7 Å². The summed E-state index contributed by atoms with van der Waals surface area (Å²) in [4.78, 5) is 29.9. The normalized spacial score (nSPS) is 11.1. The molecule has 4 aromatic rings. The second-order valence-electron chi connectivity index (χ2n) is 6.59. The molecule has 0 atom stereocenters. The molecule has 0 radical (unpaired) electrons. The zero-order valence-electron chi connectivity index (χ0n) is 15.5. The molecule has 0 aliphatic carbocycles. The number of esters is 1. The molecular formula is C21H19N4O3+. The van der Waals surface area contributed by atoms with Crippen LogP contribution in [0.3, 0.4) is 0 Å². The van der Waals surface area contributed by atoms with Crippen molar-refractivity contribution in [1.29, 1.82) is 0 Å². The van der Waals surface area contributed by atoms with Gasteiger partial charge in [-0.25, -0.2) is 9.36 Å². The van der Waals surface area contributed by atoms with Gasteiger partial charge in [0, 0.05) is 6.20 Å². The molecule has 0 spiro atoms. The van der Waals surface area contributed by atoms with E-state index in [4.69, 9.17) is 10.5 Å². The fourth-order valence-electron chi connectivity index (χ4n) is 3.21. The summed E-state index contributed by atoms with van der Waals surface area (Å²) < 4.78 is 7.97. The fourth-order valence-corrected chi connectivity index (χ4v) is 3.21.